The molecule has 1 unspecified atom stereocenters. The highest BCUT2D eigenvalue weighted by atomic mass is 79.9. The third-order valence-corrected chi connectivity index (χ3v) is 5.82. The smallest absolute Gasteiger partial charge is 0.211 e. The maximum Gasteiger partial charge on any atom is 0.211 e. The standard InChI is InChI=1S/C24H21BrN8O2/c1-2-34-17-9-14(8-16(25)21(17)35-11-13-6-4-3-5-7-13)20-18-19(28)15(10-26)22(29)32-23(18)33-24(31-20)30-12-27/h3-9,20H,2,11H2,1H3,(H6,28,29,30,31,32,33). The zero-order valence-electron chi connectivity index (χ0n) is 18.7. The minimum atomic E-state index is -0.707. The van der Waals surface area contributed by atoms with E-state index in [-0.39, 0.29) is 23.0 Å². The number of ether oxygens (including phenoxy) is 2. The highest BCUT2D eigenvalue weighted by molar-refractivity contribution is 9.10. The molecule has 0 spiro atoms. The fourth-order valence-electron chi connectivity index (χ4n) is 3.70. The zero-order chi connectivity index (χ0) is 24.9. The van der Waals surface area contributed by atoms with Crippen LogP contribution < -0.4 is 31.6 Å². The molecule has 0 bridgehead atoms. The summed E-state index contributed by atoms with van der Waals surface area (Å²) >= 11 is 3.60. The molecule has 0 amide bonds. The van der Waals surface area contributed by atoms with E-state index in [9.17, 15) is 5.26 Å². The van der Waals surface area contributed by atoms with E-state index in [0.29, 0.717) is 46.1 Å². The van der Waals surface area contributed by atoms with Crippen LogP contribution in [-0.2, 0) is 6.61 Å². The molecule has 0 fully saturated rings. The minimum Gasteiger partial charge on any atom is -0.490 e. The van der Waals surface area contributed by atoms with Gasteiger partial charge in [0, 0.05) is 5.56 Å². The molecule has 35 heavy (non-hydrogen) atoms. The predicted octanol–water partition coefficient (Wildman–Crippen LogP) is 3.80. The fraction of sp³-hybridized carbons (Fsp3) is 0.167. The number of guanidine groups is 1. The average molecular weight is 533 g/mol. The third kappa shape index (κ3) is 4.76. The van der Waals surface area contributed by atoms with Gasteiger partial charge >= 0.3 is 0 Å². The Kier molecular flexibility index (Phi) is 6.90. The maximum atomic E-state index is 9.54. The van der Waals surface area contributed by atoms with Crippen LogP contribution in [-0.4, -0.2) is 17.6 Å². The van der Waals surface area contributed by atoms with E-state index in [4.69, 9.17) is 26.2 Å². The molecule has 0 radical (unpaired) electrons. The van der Waals surface area contributed by atoms with E-state index in [1.54, 1.807) is 6.07 Å². The summed E-state index contributed by atoms with van der Waals surface area (Å²) in [4.78, 5) is 8.88. The number of rotatable bonds is 6. The molecule has 1 aliphatic rings. The van der Waals surface area contributed by atoms with E-state index >= 15 is 0 Å². The zero-order valence-corrected chi connectivity index (χ0v) is 20.3. The van der Waals surface area contributed by atoms with E-state index < -0.39 is 6.04 Å². The first-order valence-electron chi connectivity index (χ1n) is 10.6. The van der Waals surface area contributed by atoms with Crippen molar-refractivity contribution in [2.45, 2.75) is 19.6 Å². The van der Waals surface area contributed by atoms with E-state index in [1.807, 2.05) is 55.6 Å². The van der Waals surface area contributed by atoms with Gasteiger partial charge in [-0.1, -0.05) is 30.3 Å². The normalized spacial score (nSPS) is 13.9. The van der Waals surface area contributed by atoms with Gasteiger partial charge in [-0.25, -0.2) is 9.98 Å². The van der Waals surface area contributed by atoms with Crippen LogP contribution in [0.3, 0.4) is 0 Å². The lowest BCUT2D eigenvalue weighted by molar-refractivity contribution is 0.267. The number of nitriles is 2. The third-order valence-electron chi connectivity index (χ3n) is 5.23. The number of hydrogen-bond donors (Lipinski definition) is 4. The summed E-state index contributed by atoms with van der Waals surface area (Å²) in [6, 6.07) is 14.7. The molecule has 6 N–H and O–H groups in total. The lowest BCUT2D eigenvalue weighted by Gasteiger charge is -2.27. The molecule has 2 heterocycles. The first-order chi connectivity index (χ1) is 17.0. The molecule has 2 aromatic carbocycles. The molecular weight excluding hydrogens is 512 g/mol. The Morgan fingerprint density at radius 2 is 1.94 bits per heavy atom. The summed E-state index contributed by atoms with van der Waals surface area (Å²) in [6.45, 7) is 2.63. The fourth-order valence-corrected chi connectivity index (χ4v) is 4.27. The number of aliphatic imine (C=N–C) groups is 1. The summed E-state index contributed by atoms with van der Waals surface area (Å²) < 4.78 is 12.6. The van der Waals surface area contributed by atoms with Crippen molar-refractivity contribution in [3.05, 3.63) is 69.2 Å². The summed E-state index contributed by atoms with van der Waals surface area (Å²) in [6.07, 6.45) is 1.84. The number of nitrogens with two attached hydrogens (primary N) is 2. The van der Waals surface area contributed by atoms with Crippen molar-refractivity contribution in [3.63, 3.8) is 0 Å². The van der Waals surface area contributed by atoms with E-state index in [1.165, 1.54) is 0 Å². The quantitative estimate of drug-likeness (QED) is 0.272. The predicted molar refractivity (Wildman–Crippen MR) is 136 cm³/mol. The van der Waals surface area contributed by atoms with Gasteiger partial charge < -0.3 is 26.3 Å². The van der Waals surface area contributed by atoms with Crippen LogP contribution in [0.2, 0.25) is 0 Å². The molecule has 11 heteroatoms. The molecule has 1 atom stereocenters. The molecule has 0 saturated heterocycles. The molecule has 3 aromatic rings. The van der Waals surface area contributed by atoms with Crippen molar-refractivity contribution in [2.75, 3.05) is 23.4 Å². The number of nitrogens with one attached hydrogen (secondary N) is 2. The van der Waals surface area contributed by atoms with Crippen molar-refractivity contribution in [1.29, 1.82) is 10.5 Å². The van der Waals surface area contributed by atoms with Crippen LogP contribution >= 0.6 is 15.9 Å². The van der Waals surface area contributed by atoms with Crippen LogP contribution in [0.25, 0.3) is 0 Å². The second-order valence-electron chi connectivity index (χ2n) is 7.44. The van der Waals surface area contributed by atoms with Gasteiger partial charge in [0.2, 0.25) is 5.96 Å². The Labute approximate surface area is 210 Å². The van der Waals surface area contributed by atoms with Gasteiger partial charge in [-0.15, -0.1) is 0 Å². The van der Waals surface area contributed by atoms with Gasteiger partial charge in [-0.3, -0.25) is 5.32 Å². The van der Waals surface area contributed by atoms with E-state index in [2.05, 4.69) is 36.5 Å². The number of fused-ring (bicyclic) bond motifs is 1. The highest BCUT2D eigenvalue weighted by Gasteiger charge is 2.31. The van der Waals surface area contributed by atoms with Gasteiger partial charge in [0.05, 0.1) is 16.8 Å². The Hall–Kier alpha value is -4.48. The van der Waals surface area contributed by atoms with Crippen LogP contribution in [0.15, 0.2) is 51.9 Å². The summed E-state index contributed by atoms with van der Waals surface area (Å²) in [5, 5.41) is 24.0. The van der Waals surface area contributed by atoms with Crippen molar-refractivity contribution in [1.82, 2.24) is 10.3 Å². The van der Waals surface area contributed by atoms with Crippen molar-refractivity contribution in [2.24, 2.45) is 4.99 Å². The van der Waals surface area contributed by atoms with Crippen LogP contribution in [0.4, 0.5) is 17.3 Å². The lowest BCUT2D eigenvalue weighted by Crippen LogP contribution is -2.32. The number of halogens is 1. The maximum absolute atomic E-state index is 9.54. The highest BCUT2D eigenvalue weighted by Crippen LogP contribution is 2.45. The van der Waals surface area contributed by atoms with Crippen molar-refractivity contribution < 1.29 is 9.47 Å². The van der Waals surface area contributed by atoms with Gasteiger partial charge in [0.25, 0.3) is 0 Å². The van der Waals surface area contributed by atoms with Crippen LogP contribution in [0, 0.1) is 22.8 Å². The first kappa shape index (κ1) is 23.7. The monoisotopic (exact) mass is 532 g/mol. The number of hydrogen-bond acceptors (Lipinski definition) is 10. The Bertz CT molecular complexity index is 1380. The average Bonchev–Trinajstić information content (AvgIpc) is 2.84. The molecule has 1 aromatic heterocycles. The number of aromatic nitrogens is 1. The molecule has 1 aliphatic heterocycles. The first-order valence-corrected chi connectivity index (χ1v) is 11.4. The molecular formula is C24H21BrN8O2. The van der Waals surface area contributed by atoms with Crippen LogP contribution in [0.5, 0.6) is 11.5 Å². The number of pyridine rings is 1. The second-order valence-corrected chi connectivity index (χ2v) is 8.29. The van der Waals surface area contributed by atoms with E-state index in [0.717, 1.165) is 5.56 Å². The number of nitrogen functional groups attached to an aromatic ring is 2. The van der Waals surface area contributed by atoms with Gasteiger partial charge in [-0.05, 0) is 46.1 Å². The Morgan fingerprint density at radius 1 is 1.17 bits per heavy atom. The van der Waals surface area contributed by atoms with Crippen molar-refractivity contribution in [3.8, 4) is 23.8 Å². The van der Waals surface area contributed by atoms with Gasteiger partial charge in [0.15, 0.2) is 17.7 Å². The Balaban J connectivity index is 1.81. The molecule has 4 rings (SSSR count). The minimum absolute atomic E-state index is 0.0194. The van der Waals surface area contributed by atoms with Gasteiger partial charge in [0.1, 0.15) is 35.9 Å². The topological polar surface area (TPSA) is 167 Å². The van der Waals surface area contributed by atoms with Crippen LogP contribution in [0.1, 0.15) is 35.2 Å². The lowest BCUT2D eigenvalue weighted by atomic mass is 9.95. The SMILES string of the molecule is CCOc1cc(C2N=C(NC#N)Nc3nc(N)c(C#N)c(N)c32)cc(Br)c1OCc1ccccc1. The van der Waals surface area contributed by atoms with Crippen molar-refractivity contribution >= 4 is 39.2 Å². The molecule has 0 saturated carbocycles. The molecule has 10 nitrogen and oxygen atoms in total. The largest absolute Gasteiger partial charge is 0.490 e. The Morgan fingerprint density at radius 3 is 2.63 bits per heavy atom. The molecule has 0 aliphatic carbocycles. The molecule has 176 valence electrons. The number of anilines is 3. The summed E-state index contributed by atoms with van der Waals surface area (Å²) in [5.41, 5.74) is 14.6. The summed E-state index contributed by atoms with van der Waals surface area (Å²) in [5.74, 6) is 1.48. The summed E-state index contributed by atoms with van der Waals surface area (Å²) in [7, 11) is 0. The second kappa shape index (κ2) is 10.2. The number of nitrogens with zero attached hydrogens (tertiary/aromatic N) is 4. The number of benzene rings is 2. The van der Waals surface area contributed by atoms with Gasteiger partial charge in [-0.2, -0.15) is 10.5 Å².